The van der Waals surface area contributed by atoms with E-state index >= 15 is 0 Å². The standard InChI is InChI=1S/C10H11IO2/c1-3-10(12)7-4-8(11)6-9(5-7)13-2/h4-6H,3H2,1-2H3. The number of ether oxygens (including phenoxy) is 1. The number of methoxy groups -OCH3 is 1. The van der Waals surface area contributed by atoms with Gasteiger partial charge in [-0.3, -0.25) is 4.79 Å². The summed E-state index contributed by atoms with van der Waals surface area (Å²) in [6.07, 6.45) is 0.531. The number of hydrogen-bond donors (Lipinski definition) is 0. The molecule has 0 N–H and O–H groups in total. The van der Waals surface area contributed by atoms with Gasteiger partial charge in [0.25, 0.3) is 0 Å². The largest absolute Gasteiger partial charge is 0.497 e. The molecule has 3 heteroatoms. The SMILES string of the molecule is CCC(=O)c1cc(I)cc(OC)c1. The number of benzene rings is 1. The van der Waals surface area contributed by atoms with E-state index in [2.05, 4.69) is 22.6 Å². The molecule has 0 unspecified atom stereocenters. The molecule has 0 saturated heterocycles. The van der Waals surface area contributed by atoms with Crippen molar-refractivity contribution in [3.05, 3.63) is 27.3 Å². The zero-order chi connectivity index (χ0) is 9.84. The molecule has 13 heavy (non-hydrogen) atoms. The average molecular weight is 290 g/mol. The average Bonchev–Trinajstić information content (AvgIpc) is 2.15. The van der Waals surface area contributed by atoms with E-state index in [0.717, 1.165) is 14.9 Å². The second-order valence-electron chi connectivity index (χ2n) is 2.66. The second kappa shape index (κ2) is 4.60. The van der Waals surface area contributed by atoms with E-state index in [1.807, 2.05) is 19.1 Å². The fourth-order valence-corrected chi connectivity index (χ4v) is 1.69. The Morgan fingerprint density at radius 3 is 2.69 bits per heavy atom. The maximum absolute atomic E-state index is 11.4. The molecule has 2 nitrogen and oxygen atoms in total. The first-order valence-electron chi connectivity index (χ1n) is 4.05. The summed E-state index contributed by atoms with van der Waals surface area (Å²) in [6, 6.07) is 5.54. The van der Waals surface area contributed by atoms with Gasteiger partial charge in [0, 0.05) is 15.6 Å². The predicted molar refractivity (Wildman–Crippen MR) is 60.3 cm³/mol. The van der Waals surface area contributed by atoms with Gasteiger partial charge in [-0.1, -0.05) is 6.92 Å². The van der Waals surface area contributed by atoms with Crippen LogP contribution in [-0.4, -0.2) is 12.9 Å². The van der Waals surface area contributed by atoms with Gasteiger partial charge in [-0.25, -0.2) is 0 Å². The first-order chi connectivity index (χ1) is 6.17. The van der Waals surface area contributed by atoms with Gasteiger partial charge in [-0.15, -0.1) is 0 Å². The van der Waals surface area contributed by atoms with Crippen molar-refractivity contribution in [1.29, 1.82) is 0 Å². The Kier molecular flexibility index (Phi) is 3.71. The van der Waals surface area contributed by atoms with Gasteiger partial charge in [0.05, 0.1) is 7.11 Å². The lowest BCUT2D eigenvalue weighted by atomic mass is 10.1. The first kappa shape index (κ1) is 10.5. The van der Waals surface area contributed by atoms with Crippen LogP contribution < -0.4 is 4.74 Å². The van der Waals surface area contributed by atoms with Gasteiger partial charge < -0.3 is 4.74 Å². The fraction of sp³-hybridized carbons (Fsp3) is 0.300. The van der Waals surface area contributed by atoms with Gasteiger partial charge in [0.2, 0.25) is 0 Å². The molecule has 0 aromatic heterocycles. The Balaban J connectivity index is 3.08. The van der Waals surface area contributed by atoms with E-state index in [-0.39, 0.29) is 5.78 Å². The molecule has 0 aliphatic rings. The van der Waals surface area contributed by atoms with Crippen LogP contribution >= 0.6 is 22.6 Å². The summed E-state index contributed by atoms with van der Waals surface area (Å²) in [5.74, 6) is 0.889. The topological polar surface area (TPSA) is 26.3 Å². The van der Waals surface area contributed by atoms with Crippen LogP contribution in [0.1, 0.15) is 23.7 Å². The van der Waals surface area contributed by atoms with Crippen molar-refractivity contribution in [2.45, 2.75) is 13.3 Å². The van der Waals surface area contributed by atoms with Crippen molar-refractivity contribution in [2.75, 3.05) is 7.11 Å². The van der Waals surface area contributed by atoms with Crippen LogP contribution in [0.2, 0.25) is 0 Å². The van der Waals surface area contributed by atoms with Crippen molar-refractivity contribution < 1.29 is 9.53 Å². The van der Waals surface area contributed by atoms with E-state index in [1.165, 1.54) is 0 Å². The number of ketones is 1. The minimum atomic E-state index is 0.150. The molecule has 0 aliphatic carbocycles. The third-order valence-corrected chi connectivity index (χ3v) is 2.37. The minimum absolute atomic E-state index is 0.150. The van der Waals surface area contributed by atoms with Crippen LogP contribution in [0, 0.1) is 3.57 Å². The van der Waals surface area contributed by atoms with Gasteiger partial charge in [-0.05, 0) is 40.8 Å². The van der Waals surface area contributed by atoms with Gasteiger partial charge >= 0.3 is 0 Å². The molecule has 1 aromatic carbocycles. The molecular weight excluding hydrogens is 279 g/mol. The molecular formula is C10H11IO2. The molecule has 0 atom stereocenters. The van der Waals surface area contributed by atoms with E-state index < -0.39 is 0 Å². The summed E-state index contributed by atoms with van der Waals surface area (Å²) >= 11 is 2.17. The summed E-state index contributed by atoms with van der Waals surface area (Å²) in [5.41, 5.74) is 0.728. The van der Waals surface area contributed by atoms with Crippen molar-refractivity contribution in [3.63, 3.8) is 0 Å². The summed E-state index contributed by atoms with van der Waals surface area (Å²) in [4.78, 5) is 11.4. The van der Waals surface area contributed by atoms with Crippen LogP contribution in [0.15, 0.2) is 18.2 Å². The summed E-state index contributed by atoms with van der Waals surface area (Å²) in [7, 11) is 1.60. The number of carbonyl (C=O) groups excluding carboxylic acids is 1. The highest BCUT2D eigenvalue weighted by Gasteiger charge is 2.05. The summed E-state index contributed by atoms with van der Waals surface area (Å²) in [5, 5.41) is 0. The Hall–Kier alpha value is -0.580. The third kappa shape index (κ3) is 2.69. The molecule has 0 fully saturated rings. The molecule has 0 radical (unpaired) electrons. The van der Waals surface area contributed by atoms with E-state index in [4.69, 9.17) is 4.74 Å². The molecule has 0 heterocycles. The van der Waals surface area contributed by atoms with Crippen molar-refractivity contribution in [2.24, 2.45) is 0 Å². The van der Waals surface area contributed by atoms with E-state index in [0.29, 0.717) is 6.42 Å². The lowest BCUT2D eigenvalue weighted by molar-refractivity contribution is 0.0988. The van der Waals surface area contributed by atoms with Crippen LogP contribution in [-0.2, 0) is 0 Å². The maximum Gasteiger partial charge on any atom is 0.162 e. The molecule has 0 aliphatic heterocycles. The number of carbonyl (C=O) groups is 1. The Morgan fingerprint density at radius 1 is 1.46 bits per heavy atom. The molecule has 0 bridgehead atoms. The molecule has 0 amide bonds. The molecule has 70 valence electrons. The van der Waals surface area contributed by atoms with Gasteiger partial charge in [-0.2, -0.15) is 0 Å². The van der Waals surface area contributed by atoms with E-state index in [9.17, 15) is 4.79 Å². The van der Waals surface area contributed by atoms with Crippen molar-refractivity contribution >= 4 is 28.4 Å². The second-order valence-corrected chi connectivity index (χ2v) is 3.90. The van der Waals surface area contributed by atoms with Crippen LogP contribution in [0.25, 0.3) is 0 Å². The van der Waals surface area contributed by atoms with Crippen LogP contribution in [0.3, 0.4) is 0 Å². The maximum atomic E-state index is 11.4. The van der Waals surface area contributed by atoms with Crippen molar-refractivity contribution in [3.8, 4) is 5.75 Å². The first-order valence-corrected chi connectivity index (χ1v) is 5.13. The molecule has 0 saturated carbocycles. The summed E-state index contributed by atoms with van der Waals surface area (Å²) < 4.78 is 6.10. The lowest BCUT2D eigenvalue weighted by Crippen LogP contribution is -1.97. The summed E-state index contributed by atoms with van der Waals surface area (Å²) in [6.45, 7) is 1.86. The molecule has 1 rings (SSSR count). The monoisotopic (exact) mass is 290 g/mol. The normalized spacial score (nSPS) is 9.77. The number of halogens is 1. The van der Waals surface area contributed by atoms with Gasteiger partial charge in [0.15, 0.2) is 5.78 Å². The highest BCUT2D eigenvalue weighted by Crippen LogP contribution is 2.19. The zero-order valence-electron chi connectivity index (χ0n) is 7.63. The fourth-order valence-electron chi connectivity index (χ4n) is 1.05. The number of rotatable bonds is 3. The predicted octanol–water partition coefficient (Wildman–Crippen LogP) is 2.89. The smallest absolute Gasteiger partial charge is 0.162 e. The molecule has 0 spiro atoms. The van der Waals surface area contributed by atoms with Gasteiger partial charge in [0.1, 0.15) is 5.75 Å². The van der Waals surface area contributed by atoms with Crippen LogP contribution in [0.5, 0.6) is 5.75 Å². The Morgan fingerprint density at radius 2 is 2.15 bits per heavy atom. The lowest BCUT2D eigenvalue weighted by Gasteiger charge is -2.03. The number of hydrogen-bond acceptors (Lipinski definition) is 2. The Bertz CT molecular complexity index is 321. The van der Waals surface area contributed by atoms with Crippen LogP contribution in [0.4, 0.5) is 0 Å². The number of Topliss-reactive ketones (excluding diaryl/α,β-unsaturated/α-hetero) is 1. The quantitative estimate of drug-likeness (QED) is 0.632. The highest BCUT2D eigenvalue weighted by molar-refractivity contribution is 14.1. The minimum Gasteiger partial charge on any atom is -0.497 e. The molecule has 1 aromatic rings. The van der Waals surface area contributed by atoms with Crippen molar-refractivity contribution in [1.82, 2.24) is 0 Å². The zero-order valence-corrected chi connectivity index (χ0v) is 9.79. The Labute approximate surface area is 91.4 Å². The highest BCUT2D eigenvalue weighted by atomic mass is 127. The van der Waals surface area contributed by atoms with E-state index in [1.54, 1.807) is 13.2 Å². The third-order valence-electron chi connectivity index (χ3n) is 1.75.